The summed E-state index contributed by atoms with van der Waals surface area (Å²) in [6, 6.07) is 6.18. The summed E-state index contributed by atoms with van der Waals surface area (Å²) in [5, 5.41) is 4.09. The lowest BCUT2D eigenvalue weighted by Crippen LogP contribution is -2.29. The molecule has 1 aromatic carbocycles. The molecule has 0 aliphatic heterocycles. The molecule has 1 rings (SSSR count). The molecule has 0 saturated carbocycles. The molecule has 2 nitrogen and oxygen atoms in total. The molecule has 0 saturated heterocycles. The van der Waals surface area contributed by atoms with Gasteiger partial charge in [0.2, 0.25) is 0 Å². The van der Waals surface area contributed by atoms with Gasteiger partial charge in [-0.3, -0.25) is 0 Å². The van der Waals surface area contributed by atoms with Gasteiger partial charge in [-0.2, -0.15) is 0 Å². The molecular formula is C12H18ClNO. The fraction of sp³-hybridized carbons (Fsp3) is 0.500. The van der Waals surface area contributed by atoms with Crippen molar-refractivity contribution in [1.29, 1.82) is 0 Å². The highest BCUT2D eigenvalue weighted by Gasteiger charge is 2.12. The first-order valence-electron chi connectivity index (χ1n) is 5.10. The molecule has 1 N–H and O–H groups in total. The first kappa shape index (κ1) is 12.3. The summed E-state index contributed by atoms with van der Waals surface area (Å²) in [6.45, 7) is 6.15. The van der Waals surface area contributed by atoms with Crippen molar-refractivity contribution in [3.63, 3.8) is 0 Å². The van der Waals surface area contributed by atoms with Gasteiger partial charge in [0.1, 0.15) is 0 Å². The van der Waals surface area contributed by atoms with Crippen LogP contribution in [0.4, 0.5) is 5.69 Å². The minimum Gasteiger partial charge on any atom is -0.380 e. The number of methoxy groups -OCH3 is 1. The molecule has 3 heteroatoms. The molecule has 0 aliphatic carbocycles. The number of benzene rings is 1. The van der Waals surface area contributed by atoms with Crippen LogP contribution in [0.1, 0.15) is 19.4 Å². The zero-order valence-electron chi connectivity index (χ0n) is 9.67. The highest BCUT2D eigenvalue weighted by molar-refractivity contribution is 6.33. The third kappa shape index (κ3) is 3.40. The first-order chi connectivity index (χ1) is 7.04. The maximum Gasteiger partial charge on any atom is 0.0741 e. The molecule has 1 aromatic rings. The summed E-state index contributed by atoms with van der Waals surface area (Å²) in [6.07, 6.45) is 0.154. The van der Waals surface area contributed by atoms with Crippen LogP contribution < -0.4 is 5.32 Å². The summed E-state index contributed by atoms with van der Waals surface area (Å²) < 4.78 is 5.25. The van der Waals surface area contributed by atoms with Gasteiger partial charge in [0.15, 0.2) is 0 Å². The number of halogens is 1. The van der Waals surface area contributed by atoms with E-state index in [-0.39, 0.29) is 12.1 Å². The maximum atomic E-state index is 6.08. The molecule has 0 bridgehead atoms. The molecule has 0 radical (unpaired) electrons. The van der Waals surface area contributed by atoms with Crippen molar-refractivity contribution in [1.82, 2.24) is 0 Å². The largest absolute Gasteiger partial charge is 0.380 e. The van der Waals surface area contributed by atoms with Crippen LogP contribution in [0.5, 0.6) is 0 Å². The van der Waals surface area contributed by atoms with Crippen molar-refractivity contribution in [2.24, 2.45) is 0 Å². The average molecular weight is 228 g/mol. The van der Waals surface area contributed by atoms with Crippen molar-refractivity contribution in [2.45, 2.75) is 32.9 Å². The topological polar surface area (TPSA) is 21.3 Å². The van der Waals surface area contributed by atoms with Gasteiger partial charge in [0, 0.05) is 13.2 Å². The zero-order valence-corrected chi connectivity index (χ0v) is 10.4. The van der Waals surface area contributed by atoms with Crippen LogP contribution in [0.2, 0.25) is 5.02 Å². The van der Waals surface area contributed by atoms with Gasteiger partial charge < -0.3 is 10.1 Å². The summed E-state index contributed by atoms with van der Waals surface area (Å²) in [5.41, 5.74) is 2.16. The smallest absolute Gasteiger partial charge is 0.0741 e. The Kier molecular flexibility index (Phi) is 4.43. The van der Waals surface area contributed by atoms with Gasteiger partial charge >= 0.3 is 0 Å². The van der Waals surface area contributed by atoms with Crippen LogP contribution in [0, 0.1) is 6.92 Å². The molecule has 0 fully saturated rings. The normalized spacial score (nSPS) is 14.7. The Bertz CT molecular complexity index is 327. The average Bonchev–Trinajstić information content (AvgIpc) is 2.22. The Labute approximate surface area is 96.6 Å². The van der Waals surface area contributed by atoms with Gasteiger partial charge in [0.05, 0.1) is 16.8 Å². The predicted octanol–water partition coefficient (Wildman–Crippen LogP) is 3.48. The van der Waals surface area contributed by atoms with E-state index in [1.807, 2.05) is 32.0 Å². The number of rotatable bonds is 4. The van der Waals surface area contributed by atoms with Crippen molar-refractivity contribution in [3.8, 4) is 0 Å². The number of nitrogens with one attached hydrogen (secondary N) is 1. The molecule has 2 unspecified atom stereocenters. The molecular weight excluding hydrogens is 210 g/mol. The van der Waals surface area contributed by atoms with Crippen LogP contribution in [0.15, 0.2) is 18.2 Å². The molecule has 0 aliphatic rings. The van der Waals surface area contributed by atoms with E-state index in [2.05, 4.69) is 12.2 Å². The molecule has 0 aromatic heterocycles. The van der Waals surface area contributed by atoms with Gasteiger partial charge in [-0.05, 0) is 38.5 Å². The molecule has 0 heterocycles. The standard InChI is InChI=1S/C12H18ClNO/c1-8-5-6-11(13)12(7-8)14-9(2)10(3)15-4/h5-7,9-10,14H,1-4H3. The Hall–Kier alpha value is -0.730. The Balaban J connectivity index is 2.75. The second-order valence-electron chi connectivity index (χ2n) is 3.86. The van der Waals surface area contributed by atoms with Crippen LogP contribution in [-0.4, -0.2) is 19.3 Å². The molecule has 0 amide bonds. The quantitative estimate of drug-likeness (QED) is 0.851. The summed E-state index contributed by atoms with van der Waals surface area (Å²) >= 11 is 6.08. The third-order valence-electron chi connectivity index (χ3n) is 2.58. The fourth-order valence-electron chi connectivity index (χ4n) is 1.32. The lowest BCUT2D eigenvalue weighted by molar-refractivity contribution is 0.106. The summed E-state index contributed by atoms with van der Waals surface area (Å²) in [5.74, 6) is 0. The van der Waals surface area contributed by atoms with E-state index in [1.54, 1.807) is 7.11 Å². The van der Waals surface area contributed by atoms with Crippen LogP contribution in [-0.2, 0) is 4.74 Å². The number of aryl methyl sites for hydroxylation is 1. The van der Waals surface area contributed by atoms with E-state index >= 15 is 0 Å². The summed E-state index contributed by atoms with van der Waals surface area (Å²) in [4.78, 5) is 0. The molecule has 2 atom stereocenters. The number of anilines is 1. The van der Waals surface area contributed by atoms with Crippen molar-refractivity contribution in [2.75, 3.05) is 12.4 Å². The van der Waals surface area contributed by atoms with E-state index in [9.17, 15) is 0 Å². The Morgan fingerprint density at radius 3 is 2.60 bits per heavy atom. The van der Waals surface area contributed by atoms with Gasteiger partial charge in [0.25, 0.3) is 0 Å². The third-order valence-corrected chi connectivity index (χ3v) is 2.91. The minimum atomic E-state index is 0.154. The number of hydrogen-bond donors (Lipinski definition) is 1. The second-order valence-corrected chi connectivity index (χ2v) is 4.26. The molecule has 15 heavy (non-hydrogen) atoms. The minimum absolute atomic E-state index is 0.154. The van der Waals surface area contributed by atoms with E-state index < -0.39 is 0 Å². The number of hydrogen-bond acceptors (Lipinski definition) is 2. The van der Waals surface area contributed by atoms with Crippen LogP contribution >= 0.6 is 11.6 Å². The van der Waals surface area contributed by atoms with Gasteiger partial charge in [-0.15, -0.1) is 0 Å². The maximum absolute atomic E-state index is 6.08. The highest BCUT2D eigenvalue weighted by Crippen LogP contribution is 2.23. The number of ether oxygens (including phenoxy) is 1. The Morgan fingerprint density at radius 1 is 1.33 bits per heavy atom. The lowest BCUT2D eigenvalue weighted by Gasteiger charge is -2.21. The highest BCUT2D eigenvalue weighted by atomic mass is 35.5. The first-order valence-corrected chi connectivity index (χ1v) is 5.48. The second kappa shape index (κ2) is 5.38. The van der Waals surface area contributed by atoms with Crippen LogP contribution in [0.25, 0.3) is 0 Å². The van der Waals surface area contributed by atoms with Crippen molar-refractivity contribution < 1.29 is 4.74 Å². The monoisotopic (exact) mass is 227 g/mol. The van der Waals surface area contributed by atoms with E-state index in [0.717, 1.165) is 10.7 Å². The summed E-state index contributed by atoms with van der Waals surface area (Å²) in [7, 11) is 1.71. The fourth-order valence-corrected chi connectivity index (χ4v) is 1.49. The van der Waals surface area contributed by atoms with E-state index in [4.69, 9.17) is 16.3 Å². The van der Waals surface area contributed by atoms with Gasteiger partial charge in [-0.25, -0.2) is 0 Å². The Morgan fingerprint density at radius 2 is 2.00 bits per heavy atom. The van der Waals surface area contributed by atoms with Gasteiger partial charge in [-0.1, -0.05) is 17.7 Å². The SMILES string of the molecule is COC(C)C(C)Nc1cc(C)ccc1Cl. The van der Waals surface area contributed by atoms with Crippen LogP contribution in [0.3, 0.4) is 0 Å². The van der Waals surface area contributed by atoms with Crippen molar-refractivity contribution >= 4 is 17.3 Å². The molecule has 84 valence electrons. The zero-order chi connectivity index (χ0) is 11.4. The van der Waals surface area contributed by atoms with E-state index in [1.165, 1.54) is 5.56 Å². The molecule has 0 spiro atoms. The predicted molar refractivity (Wildman–Crippen MR) is 65.7 cm³/mol. The van der Waals surface area contributed by atoms with E-state index in [0.29, 0.717) is 0 Å². The lowest BCUT2D eigenvalue weighted by atomic mass is 10.1. The van der Waals surface area contributed by atoms with Crippen molar-refractivity contribution in [3.05, 3.63) is 28.8 Å².